The molecule has 0 amide bonds. The minimum atomic E-state index is 0.884. The van der Waals surface area contributed by atoms with Crippen LogP contribution in [-0.4, -0.2) is 7.85 Å². The van der Waals surface area contributed by atoms with Gasteiger partial charge in [0.2, 0.25) is 0 Å². The second-order valence-corrected chi connectivity index (χ2v) is 1.80. The lowest BCUT2D eigenvalue weighted by molar-refractivity contribution is 0.880. The topological polar surface area (TPSA) is 0 Å². The van der Waals surface area contributed by atoms with Gasteiger partial charge in [-0.1, -0.05) is 26.1 Å². The Morgan fingerprint density at radius 3 is 2.00 bits per heavy atom. The normalized spacial score (nSPS) is 14.8. The quantitative estimate of drug-likeness (QED) is 0.401. The Bertz CT molecular complexity index is 17.6. The molecule has 0 heterocycles. The Morgan fingerprint density at radius 2 is 2.00 bits per heavy atom. The summed E-state index contributed by atoms with van der Waals surface area (Å²) < 4.78 is 0. The molecule has 0 fully saturated rings. The van der Waals surface area contributed by atoms with Crippen LogP contribution in [-0.2, 0) is 0 Å². The maximum absolute atomic E-state index is 2.22. The number of hydrogen-bond donors (Lipinski definition) is 0. The second-order valence-electron chi connectivity index (χ2n) is 1.80. The van der Waals surface area contributed by atoms with Gasteiger partial charge in [-0.2, -0.15) is 0 Å². The standard InChI is InChI=1S/C4H11B/c1-3-4(2)5/h4H,3,5H2,1-2H3/t4-/m1/s1. The molecule has 0 spiro atoms. The molecule has 30 valence electrons. The lowest BCUT2D eigenvalue weighted by atomic mass is 9.88. The maximum atomic E-state index is 2.22. The van der Waals surface area contributed by atoms with Crippen LogP contribution in [0.4, 0.5) is 0 Å². The maximum Gasteiger partial charge on any atom is 0.105 e. The van der Waals surface area contributed by atoms with Crippen molar-refractivity contribution >= 4 is 7.85 Å². The predicted molar refractivity (Wildman–Crippen MR) is 28.3 cm³/mol. The van der Waals surface area contributed by atoms with Crippen molar-refractivity contribution in [2.45, 2.75) is 26.1 Å². The summed E-state index contributed by atoms with van der Waals surface area (Å²) in [6.45, 7) is 4.42. The van der Waals surface area contributed by atoms with E-state index in [0.717, 1.165) is 5.82 Å². The number of hydrogen-bond acceptors (Lipinski definition) is 0. The molecule has 0 bridgehead atoms. The molecular formula is C4H11B. The van der Waals surface area contributed by atoms with Gasteiger partial charge in [0.1, 0.15) is 7.85 Å². The van der Waals surface area contributed by atoms with E-state index in [9.17, 15) is 0 Å². The van der Waals surface area contributed by atoms with Crippen molar-refractivity contribution in [2.75, 3.05) is 0 Å². The van der Waals surface area contributed by atoms with Crippen LogP contribution in [0.25, 0.3) is 0 Å². The third-order valence-electron chi connectivity index (χ3n) is 0.816. The van der Waals surface area contributed by atoms with E-state index in [1.165, 1.54) is 6.42 Å². The van der Waals surface area contributed by atoms with Crippen molar-refractivity contribution in [2.24, 2.45) is 0 Å². The summed E-state index contributed by atoms with van der Waals surface area (Å²) in [5.41, 5.74) is 0. The van der Waals surface area contributed by atoms with Crippen molar-refractivity contribution in [3.8, 4) is 0 Å². The van der Waals surface area contributed by atoms with E-state index in [0.29, 0.717) is 0 Å². The van der Waals surface area contributed by atoms with Crippen LogP contribution < -0.4 is 0 Å². The highest BCUT2D eigenvalue weighted by atomic mass is 13.8. The molecule has 0 saturated heterocycles. The van der Waals surface area contributed by atoms with Gasteiger partial charge in [0, 0.05) is 0 Å². The highest BCUT2D eigenvalue weighted by Crippen LogP contribution is 1.97. The van der Waals surface area contributed by atoms with Crippen molar-refractivity contribution < 1.29 is 0 Å². The van der Waals surface area contributed by atoms with Crippen molar-refractivity contribution in [1.29, 1.82) is 0 Å². The van der Waals surface area contributed by atoms with Crippen LogP contribution in [0, 0.1) is 0 Å². The second kappa shape index (κ2) is 2.31. The molecule has 0 N–H and O–H groups in total. The average molecular weight is 69.9 g/mol. The van der Waals surface area contributed by atoms with E-state index in [1.54, 1.807) is 0 Å². The van der Waals surface area contributed by atoms with Crippen LogP contribution in [0.1, 0.15) is 20.3 Å². The zero-order valence-corrected chi connectivity index (χ0v) is 4.28. The van der Waals surface area contributed by atoms with E-state index < -0.39 is 0 Å². The first-order chi connectivity index (χ1) is 2.27. The van der Waals surface area contributed by atoms with Gasteiger partial charge in [-0.3, -0.25) is 0 Å². The first-order valence-corrected chi connectivity index (χ1v) is 2.27. The molecule has 1 atom stereocenters. The van der Waals surface area contributed by atoms with Gasteiger partial charge in [-0.15, -0.1) is 0 Å². The van der Waals surface area contributed by atoms with Gasteiger partial charge in [0.25, 0.3) is 0 Å². The smallest absolute Gasteiger partial charge is 0.0728 e. The molecule has 0 aliphatic carbocycles. The summed E-state index contributed by atoms with van der Waals surface area (Å²) in [7, 11) is 2.22. The molecular weight excluding hydrogens is 58.9 g/mol. The molecule has 0 unspecified atom stereocenters. The Labute approximate surface area is 35.0 Å². The largest absolute Gasteiger partial charge is 0.105 e. The van der Waals surface area contributed by atoms with E-state index in [2.05, 4.69) is 21.7 Å². The van der Waals surface area contributed by atoms with Crippen molar-refractivity contribution in [3.05, 3.63) is 0 Å². The minimum absolute atomic E-state index is 0.884. The highest BCUT2D eigenvalue weighted by Gasteiger charge is 1.80. The summed E-state index contributed by atoms with van der Waals surface area (Å²) in [5, 5.41) is 0. The van der Waals surface area contributed by atoms with Crippen LogP contribution in [0.5, 0.6) is 0 Å². The Hall–Kier alpha value is 0.0649. The van der Waals surface area contributed by atoms with Crippen LogP contribution >= 0.6 is 0 Å². The highest BCUT2D eigenvalue weighted by molar-refractivity contribution is 6.11. The Balaban J connectivity index is 2.54. The lowest BCUT2D eigenvalue weighted by Crippen LogP contribution is -1.76. The van der Waals surface area contributed by atoms with Gasteiger partial charge in [-0.05, 0) is 0 Å². The molecule has 0 nitrogen and oxygen atoms in total. The first-order valence-electron chi connectivity index (χ1n) is 2.27. The van der Waals surface area contributed by atoms with Gasteiger partial charge in [0.05, 0.1) is 0 Å². The molecule has 0 aromatic heterocycles. The molecule has 0 aromatic carbocycles. The molecule has 0 rings (SSSR count). The molecule has 0 aliphatic rings. The fourth-order valence-electron chi connectivity index (χ4n) is 0. The fourth-order valence-corrected chi connectivity index (χ4v) is 0. The van der Waals surface area contributed by atoms with Crippen LogP contribution in [0.3, 0.4) is 0 Å². The third-order valence-corrected chi connectivity index (χ3v) is 0.816. The van der Waals surface area contributed by atoms with Crippen LogP contribution in [0.15, 0.2) is 0 Å². The average Bonchev–Trinajstić information content (AvgIpc) is 1.38. The summed E-state index contributed by atoms with van der Waals surface area (Å²) in [4.78, 5) is 0. The minimum Gasteiger partial charge on any atom is -0.0728 e. The zero-order valence-electron chi connectivity index (χ0n) is 4.28. The summed E-state index contributed by atoms with van der Waals surface area (Å²) in [6.07, 6.45) is 1.31. The van der Waals surface area contributed by atoms with E-state index in [-0.39, 0.29) is 0 Å². The summed E-state index contributed by atoms with van der Waals surface area (Å²) in [5.74, 6) is 0.884. The molecule has 5 heavy (non-hydrogen) atoms. The molecule has 0 aromatic rings. The van der Waals surface area contributed by atoms with E-state index >= 15 is 0 Å². The predicted octanol–water partition coefficient (Wildman–Crippen LogP) is 0.838. The molecule has 0 radical (unpaired) electrons. The summed E-state index contributed by atoms with van der Waals surface area (Å²) in [6, 6.07) is 0. The molecule has 0 aliphatic heterocycles. The number of rotatable bonds is 1. The molecule has 0 saturated carbocycles. The Morgan fingerprint density at radius 1 is 1.80 bits per heavy atom. The monoisotopic (exact) mass is 70.1 g/mol. The SMILES string of the molecule is B[C@H](C)CC. The van der Waals surface area contributed by atoms with E-state index in [4.69, 9.17) is 0 Å². The van der Waals surface area contributed by atoms with Gasteiger partial charge in [0.15, 0.2) is 0 Å². The van der Waals surface area contributed by atoms with Gasteiger partial charge in [-0.25, -0.2) is 0 Å². The Kier molecular flexibility index (Phi) is 2.34. The van der Waals surface area contributed by atoms with E-state index in [1.807, 2.05) is 0 Å². The fraction of sp³-hybridized carbons (Fsp3) is 1.00. The lowest BCUT2D eigenvalue weighted by Gasteiger charge is -1.90. The van der Waals surface area contributed by atoms with Gasteiger partial charge < -0.3 is 0 Å². The van der Waals surface area contributed by atoms with Crippen molar-refractivity contribution in [3.63, 3.8) is 0 Å². The molecule has 1 heteroatoms. The first kappa shape index (κ1) is 5.06. The zero-order chi connectivity index (χ0) is 4.28. The van der Waals surface area contributed by atoms with Crippen molar-refractivity contribution in [1.82, 2.24) is 0 Å². The summed E-state index contributed by atoms with van der Waals surface area (Å²) >= 11 is 0. The van der Waals surface area contributed by atoms with Gasteiger partial charge >= 0.3 is 0 Å². The van der Waals surface area contributed by atoms with Crippen LogP contribution in [0.2, 0.25) is 5.82 Å². The third kappa shape index (κ3) is 4.06.